The Kier molecular flexibility index (Phi) is 66.4. The summed E-state index contributed by atoms with van der Waals surface area (Å²) in [6.45, 7) is 24.2. The van der Waals surface area contributed by atoms with Crippen LogP contribution in [0.25, 0.3) is 22.3 Å². The van der Waals surface area contributed by atoms with Gasteiger partial charge >= 0.3 is 119 Å². The van der Waals surface area contributed by atoms with Crippen molar-refractivity contribution >= 4 is 108 Å². The van der Waals surface area contributed by atoms with Crippen LogP contribution < -0.4 is 96.6 Å². The van der Waals surface area contributed by atoms with Crippen LogP contribution in [0.2, 0.25) is 0 Å². The first kappa shape index (κ1) is 85.8. The van der Waals surface area contributed by atoms with Crippen LogP contribution in [-0.2, 0) is 87.5 Å². The quantitative estimate of drug-likeness (QED) is 0.00767. The van der Waals surface area contributed by atoms with E-state index in [-0.39, 0.29) is 245 Å². The summed E-state index contributed by atoms with van der Waals surface area (Å²) in [7, 11) is 9.38. The van der Waals surface area contributed by atoms with E-state index in [0.29, 0.717) is 18.5 Å². The van der Waals surface area contributed by atoms with Crippen molar-refractivity contribution in [2.45, 2.75) is 257 Å². The minimum atomic E-state index is -2.29. The number of hydrogen-bond acceptors (Lipinski definition) is 25. The molecule has 36 heteroatoms. The number of allylic oxidation sites excluding steroid dienone is 2. The predicted octanol–water partition coefficient (Wildman–Crippen LogP) is 8.27. The van der Waals surface area contributed by atoms with Crippen LogP contribution in [0.3, 0.4) is 0 Å². The van der Waals surface area contributed by atoms with E-state index in [2.05, 4.69) is 80.0 Å². The molecule has 29 nitrogen and oxygen atoms in total. The van der Waals surface area contributed by atoms with E-state index < -0.39 is 156 Å². The first-order valence-corrected chi connectivity index (χ1v) is 37.5. The van der Waals surface area contributed by atoms with E-state index in [1.165, 1.54) is 33.5 Å². The zero-order valence-electron chi connectivity index (χ0n) is 94.4. The molecule has 0 aromatic carbocycles. The Morgan fingerprint density at radius 2 is 1.26 bits per heavy atom. The zero-order valence-corrected chi connectivity index (χ0v) is 82.7. The number of aromatic amines is 1. The Morgan fingerprint density at radius 3 is 1.58 bits per heavy atom. The van der Waals surface area contributed by atoms with Gasteiger partial charge in [-0.3, -0.25) is 52.6 Å². The number of H-pyrrole nitrogens is 1. The van der Waals surface area contributed by atoms with Crippen molar-refractivity contribution in [1.82, 2.24) is 35.3 Å². The molecule has 0 unspecified atom stereocenters. The second-order valence-electron chi connectivity index (χ2n) is 23.6. The fourth-order valence-electron chi connectivity index (χ4n) is 7.22. The first-order chi connectivity index (χ1) is 62.0. The number of nitrogens with one attached hydrogen (secondary N) is 2. The number of hydrogen-bond donors (Lipinski definition) is 3. The number of Topliss-reactive ketones (excluding diaryl/α,β-unsaturated/α-hetero) is 1. The Balaban J connectivity index is -0.000000168. The SMILES string of the molecule is C.CC(C)(C)C(=O)OCn1ccc2c(-c3cn[nH]c3)ncnc21.CC(C)(C)[O-].CCOC(=O)CC(C)=O.CCOCC.CC[O-].CNOC.N#CCOP=O.[2H]C([2H])(CBr)C([2H])([2H])CBr.[2H]C1([2H])CC(C(=O)N(C)OC)CC1([2H])[2H].[2H]C1([2H])CC(C(=O)O)CC1([2H])[2H].[2H]C1([2H])CC(C(=O)OCC)(C(=O)OCC)CC1([2H])[2H].[2H]C1([2H])CC(C=CC#N)CC1([2H])[2H].[2H]C1([2H])CC(C=O)CC1([2H])[2H].[2H][B].[K+].[Na+].[U]. The number of alkyl halides is 2. The standard InChI is InChI=1S/C15H17N5O2.C11H18O4.C8H15NO2.C8H11N.C6H10O3.C6H10O2.C6H10O.C4H8Br2.C4H9O.C4H10O.C2H2NO2P.C2H7NO.C2H5O.CH4.BH.K.Na.U/c1-15(2,3)14(21)22-9-20-5-4-11-12(10-6-18-19-7-10)16-8-17-13(11)20;1-3-14-9(12)11(7-5-6-8-11)10(13)15-4-2;1-9(11-2)8(10)7-5-3-4-6-7;9-7-3-6-8-4-1-2-5-8;1-3-9-6(8)4-5(2)7;7-6(8)5-3-1-2-4-5;7-5-6-3-1-2-4-6;5-3-1-2-4-6;1-4(2,3)5;1-3-5-4-2;3-1-2-5-6-4;1-3-4-2;1-2-3;;;;;/h4-8H,9H2,1-3H3,(H,18,19);3-8H2,1-2H3;7H,3-6H2,1-2H3;3,6,8H,1-2,4-5H2;3-4H2,1-2H3;5H,1-4H2,(H,7,8);5-6H,1-4H2;1-4H2;1-3H3;3-4H2,1-2H3;2H2;3H,1-2H3;2H2,1H3;1H4;1H;;;/q;;;;;;;;-1;;;;-1;;;2*+1;/i;5D2,6D2;3D2,4D2;1D2,2D2;;3*1D2,2D2;;;;;;;1D;;;. The van der Waals surface area contributed by atoms with Crippen molar-refractivity contribution in [3.8, 4) is 23.4 Å². The minimum Gasteiger partial charge on any atom is -0.855 e. The number of carbonyl (C=O) groups is 8. The molecule has 0 saturated heterocycles. The third-order valence-electron chi connectivity index (χ3n) is 12.5. The van der Waals surface area contributed by atoms with Gasteiger partial charge in [0, 0.05) is 152 Å². The van der Waals surface area contributed by atoms with Crippen LogP contribution in [0.5, 0.6) is 0 Å². The average Bonchev–Trinajstić information content (AvgIpc) is 1.57. The van der Waals surface area contributed by atoms with Crippen LogP contribution in [-0.4, -0.2) is 183 Å². The number of halogens is 2. The second kappa shape index (κ2) is 89.0. The third kappa shape index (κ3) is 74.8. The Bertz CT molecular complexity index is 4040. The molecule has 646 valence electrons. The predicted molar refractivity (Wildman–Crippen MR) is 441 cm³/mol. The maximum absolute atomic E-state index is 12.0. The number of carboxylic acids is 1. The summed E-state index contributed by atoms with van der Waals surface area (Å²) in [5.41, 5.74) is 1.66. The van der Waals surface area contributed by atoms with Crippen LogP contribution in [0.1, 0.15) is 277 Å². The van der Waals surface area contributed by atoms with Gasteiger partial charge in [-0.25, -0.2) is 25.1 Å². The molecule has 3 N–H and O–H groups in total. The van der Waals surface area contributed by atoms with Gasteiger partial charge in [0.1, 0.15) is 37.1 Å². The molecular formula is C79H137BBr2KN9NaO20PU. The fraction of sp³-hybridized carbons (Fsp3) is 0.734. The van der Waals surface area contributed by atoms with E-state index in [4.69, 9.17) is 78.8 Å². The average molecular weight is 2060 g/mol. The first-order valence-electron chi connectivity index (χ1n) is 47.1. The monoisotopic (exact) mass is 2060 g/mol. The van der Waals surface area contributed by atoms with Crippen LogP contribution in [0.15, 0.2) is 43.1 Å². The molecule has 5 fully saturated rings. The number of rotatable bonds is 23. The number of amides is 1. The summed E-state index contributed by atoms with van der Waals surface area (Å²) >= 11 is 5.82. The van der Waals surface area contributed by atoms with Gasteiger partial charge < -0.3 is 48.6 Å². The van der Waals surface area contributed by atoms with Crippen molar-refractivity contribution in [2.24, 2.45) is 34.5 Å². The number of carbonyl (C=O) groups excluding carboxylic acids is 7. The summed E-state index contributed by atoms with van der Waals surface area (Å²) in [4.78, 5) is 106. The van der Waals surface area contributed by atoms with Gasteiger partial charge in [0.15, 0.2) is 12.1 Å². The molecule has 5 aliphatic carbocycles. The molecule has 115 heavy (non-hydrogen) atoms. The van der Waals surface area contributed by atoms with Crippen molar-refractivity contribution in [2.75, 3.05) is 85.2 Å². The fourth-order valence-corrected chi connectivity index (χ4v) is 7.73. The van der Waals surface area contributed by atoms with Gasteiger partial charge in [-0.15, -0.1) is 12.2 Å². The van der Waals surface area contributed by atoms with Gasteiger partial charge in [0.2, 0.25) is 5.91 Å². The van der Waals surface area contributed by atoms with Gasteiger partial charge in [-0.2, -0.15) is 15.6 Å². The maximum Gasteiger partial charge on any atom is 1.00 e. The van der Waals surface area contributed by atoms with E-state index in [0.717, 1.165) is 34.9 Å². The topological polar surface area (TPSA) is 416 Å². The molecule has 3 heterocycles. The molecule has 3 aromatic rings. The zero-order chi connectivity index (χ0) is 108. The summed E-state index contributed by atoms with van der Waals surface area (Å²) in [5, 5.41) is 52.2. The summed E-state index contributed by atoms with van der Waals surface area (Å²) in [5.74, 6) is -6.28. The molecule has 0 atom stereocenters. The number of esters is 4. The molecular weight excluding hydrogens is 1900 g/mol. The summed E-state index contributed by atoms with van der Waals surface area (Å²) < 4.78 is 222. The minimum absolute atomic E-state index is 0. The van der Waals surface area contributed by atoms with Crippen LogP contribution in [0.4, 0.5) is 0 Å². The molecule has 3 aromatic heterocycles. The van der Waals surface area contributed by atoms with E-state index in [1.807, 2.05) is 53.0 Å². The van der Waals surface area contributed by atoms with Gasteiger partial charge in [-0.1, -0.05) is 137 Å². The molecule has 5 saturated carbocycles. The number of ether oxygens (including phenoxy) is 5. The number of hydroxylamine groups is 3. The van der Waals surface area contributed by atoms with Gasteiger partial charge in [-0.05, 0) is 153 Å². The second-order valence-corrected chi connectivity index (χ2v) is 25.1. The van der Waals surface area contributed by atoms with Crippen molar-refractivity contribution in [1.29, 1.82) is 11.9 Å². The number of aliphatic carboxylic acids is 1. The van der Waals surface area contributed by atoms with E-state index in [9.17, 15) is 48.0 Å². The number of aldehydes is 1. The number of carboxylic acid groups (broad SMARTS) is 1. The smallest absolute Gasteiger partial charge is 0.855 e. The number of nitrogens with zero attached hydrogens (tertiary/aromatic N) is 7. The van der Waals surface area contributed by atoms with E-state index in [1.54, 1.807) is 91.7 Å². The molecule has 8 rings (SSSR count). The van der Waals surface area contributed by atoms with E-state index >= 15 is 0 Å². The Hall–Kier alpha value is -2.76. The maximum atomic E-state index is 12.0. The molecule has 0 aliphatic heterocycles. The molecule has 0 spiro atoms. The number of aromatic nitrogens is 5. The number of ketones is 1. The summed E-state index contributed by atoms with van der Waals surface area (Å²) in [6.07, 6.45) is -14.5. The Morgan fingerprint density at radius 1 is 0.809 bits per heavy atom. The van der Waals surface area contributed by atoms with Crippen molar-refractivity contribution in [3.05, 3.63) is 43.1 Å². The molecule has 2 radical (unpaired) electrons. The summed E-state index contributed by atoms with van der Waals surface area (Å²) in [6, 6.07) is 5.37. The van der Waals surface area contributed by atoms with Gasteiger partial charge in [0.05, 0.1) is 69.4 Å². The largest absolute Gasteiger partial charge is 1.00 e. The van der Waals surface area contributed by atoms with Crippen LogP contribution >= 0.6 is 40.5 Å². The van der Waals surface area contributed by atoms with Crippen LogP contribution in [0, 0.1) is 88.3 Å². The molecule has 1 amide bonds. The molecule has 0 bridgehead atoms. The number of nitriles is 2. The Labute approximate surface area is 831 Å². The van der Waals surface area contributed by atoms with Crippen molar-refractivity contribution in [3.63, 3.8) is 0 Å². The number of fused-ring (bicyclic) bond motifs is 1. The normalized spacial score (nSPS) is 21.6. The third-order valence-corrected chi connectivity index (χ3v) is 13.3. The molecule has 5 aliphatic rings. The van der Waals surface area contributed by atoms with Gasteiger partial charge in [0.25, 0.3) is 0 Å². The van der Waals surface area contributed by atoms with Crippen molar-refractivity contribution < 1.29 is 241 Å².